The second-order valence-corrected chi connectivity index (χ2v) is 13.8. The van der Waals surface area contributed by atoms with E-state index in [-0.39, 0.29) is 5.41 Å². The molecule has 1 heterocycles. The zero-order chi connectivity index (χ0) is 16.4. The molecule has 0 spiro atoms. The highest BCUT2D eigenvalue weighted by Gasteiger charge is 2.31. The van der Waals surface area contributed by atoms with Gasteiger partial charge in [0.2, 0.25) is 6.55 Å². The summed E-state index contributed by atoms with van der Waals surface area (Å²) in [4.78, 5) is 1.34. The molecule has 0 aromatic heterocycles. The SMILES string of the molecule is CCCCSP1Oc2ccc(C(C)(C)CC(C)(C)C)cc2S1. The first kappa shape index (κ1) is 18.5. The van der Waals surface area contributed by atoms with Gasteiger partial charge in [0.05, 0.1) is 4.90 Å². The van der Waals surface area contributed by atoms with Gasteiger partial charge < -0.3 is 4.52 Å². The second-order valence-electron chi connectivity index (χ2n) is 7.88. The predicted octanol–water partition coefficient (Wildman–Crippen LogP) is 7.65. The Kier molecular flexibility index (Phi) is 6.19. The zero-order valence-electron chi connectivity index (χ0n) is 14.7. The van der Waals surface area contributed by atoms with Crippen LogP contribution in [0.4, 0.5) is 0 Å². The molecule has 0 aliphatic carbocycles. The molecule has 1 aromatic rings. The first-order valence-electron chi connectivity index (χ1n) is 8.15. The summed E-state index contributed by atoms with van der Waals surface area (Å²) < 4.78 is 6.11. The third-order valence-electron chi connectivity index (χ3n) is 3.74. The molecule has 2 rings (SSSR count). The Hall–Kier alpha value is 0.150. The van der Waals surface area contributed by atoms with Crippen LogP contribution >= 0.6 is 29.3 Å². The van der Waals surface area contributed by atoms with E-state index in [1.54, 1.807) is 0 Å². The Balaban J connectivity index is 2.06. The molecule has 1 unspecified atom stereocenters. The van der Waals surface area contributed by atoms with E-state index in [2.05, 4.69) is 59.7 Å². The molecule has 1 aliphatic rings. The van der Waals surface area contributed by atoms with Crippen molar-refractivity contribution in [2.24, 2.45) is 5.41 Å². The van der Waals surface area contributed by atoms with Crippen LogP contribution in [0.3, 0.4) is 0 Å². The van der Waals surface area contributed by atoms with E-state index in [1.165, 1.54) is 35.5 Å². The molecule has 0 amide bonds. The van der Waals surface area contributed by atoms with Crippen molar-refractivity contribution in [2.45, 2.75) is 71.1 Å². The van der Waals surface area contributed by atoms with Crippen molar-refractivity contribution < 1.29 is 4.52 Å². The van der Waals surface area contributed by atoms with Crippen LogP contribution < -0.4 is 4.52 Å². The predicted molar refractivity (Wildman–Crippen MR) is 104 cm³/mol. The van der Waals surface area contributed by atoms with Gasteiger partial charge in [0.1, 0.15) is 5.75 Å². The van der Waals surface area contributed by atoms with Crippen LogP contribution in [0, 0.1) is 5.41 Å². The van der Waals surface area contributed by atoms with Gasteiger partial charge in [-0.15, -0.1) is 0 Å². The Morgan fingerprint density at radius 3 is 2.55 bits per heavy atom. The molecule has 0 radical (unpaired) electrons. The van der Waals surface area contributed by atoms with Gasteiger partial charge in [-0.3, -0.25) is 0 Å². The largest absolute Gasteiger partial charge is 0.451 e. The van der Waals surface area contributed by atoms with Gasteiger partial charge in [-0.2, -0.15) is 0 Å². The van der Waals surface area contributed by atoms with Gasteiger partial charge in [-0.1, -0.05) is 65.4 Å². The molecular weight excluding hydrogens is 327 g/mol. The van der Waals surface area contributed by atoms with Crippen LogP contribution in [-0.4, -0.2) is 5.75 Å². The van der Waals surface area contributed by atoms with E-state index in [9.17, 15) is 0 Å². The lowest BCUT2D eigenvalue weighted by Crippen LogP contribution is -2.24. The summed E-state index contributed by atoms with van der Waals surface area (Å²) in [5.41, 5.74) is 1.98. The maximum atomic E-state index is 6.11. The summed E-state index contributed by atoms with van der Waals surface area (Å²) in [6.45, 7) is 13.5. The Labute approximate surface area is 145 Å². The maximum Gasteiger partial charge on any atom is 0.215 e. The molecule has 0 bridgehead atoms. The first-order chi connectivity index (χ1) is 10.2. The number of fused-ring (bicyclic) bond motifs is 1. The molecule has 0 fully saturated rings. The summed E-state index contributed by atoms with van der Waals surface area (Å²) in [6.07, 6.45) is 3.73. The van der Waals surface area contributed by atoms with Gasteiger partial charge >= 0.3 is 0 Å². The van der Waals surface area contributed by atoms with Gasteiger partial charge in [-0.05, 0) is 52.7 Å². The van der Waals surface area contributed by atoms with Crippen LogP contribution in [0.2, 0.25) is 0 Å². The molecule has 1 aliphatic heterocycles. The Bertz CT molecular complexity index is 508. The Morgan fingerprint density at radius 2 is 1.91 bits per heavy atom. The van der Waals surface area contributed by atoms with Crippen LogP contribution in [-0.2, 0) is 5.41 Å². The van der Waals surface area contributed by atoms with Gasteiger partial charge in [-0.25, -0.2) is 0 Å². The lowest BCUT2D eigenvalue weighted by Gasteiger charge is -2.33. The number of hydrogen-bond donors (Lipinski definition) is 0. The number of unbranched alkanes of at least 4 members (excludes halogenated alkanes) is 1. The lowest BCUT2D eigenvalue weighted by atomic mass is 9.72. The van der Waals surface area contributed by atoms with Crippen molar-refractivity contribution in [3.63, 3.8) is 0 Å². The van der Waals surface area contributed by atoms with Crippen molar-refractivity contribution in [1.82, 2.24) is 0 Å². The van der Waals surface area contributed by atoms with E-state index in [0.717, 1.165) is 5.75 Å². The number of hydrogen-bond acceptors (Lipinski definition) is 3. The van der Waals surface area contributed by atoms with E-state index < -0.39 is 6.55 Å². The molecule has 1 nitrogen and oxygen atoms in total. The summed E-state index contributed by atoms with van der Waals surface area (Å²) >= 11 is 3.93. The maximum absolute atomic E-state index is 6.11. The highest BCUT2D eigenvalue weighted by atomic mass is 33.1. The first-order valence-corrected chi connectivity index (χ1v) is 12.4. The standard InChI is InChI=1S/C18H29OPS2/c1-7-8-11-21-20-19-15-10-9-14(12-16(15)22-20)18(5,6)13-17(2,3)4/h9-10,12H,7-8,11,13H2,1-6H3. The normalized spacial score (nSPS) is 18.2. The van der Waals surface area contributed by atoms with Crippen LogP contribution in [0.1, 0.15) is 66.4 Å². The van der Waals surface area contributed by atoms with Gasteiger partial charge in [0, 0.05) is 5.75 Å². The molecule has 0 saturated heterocycles. The van der Waals surface area contributed by atoms with Crippen molar-refractivity contribution >= 4 is 29.3 Å². The average Bonchev–Trinajstić information content (AvgIpc) is 2.77. The smallest absolute Gasteiger partial charge is 0.215 e. The lowest BCUT2D eigenvalue weighted by molar-refractivity contribution is 0.284. The van der Waals surface area contributed by atoms with Crippen LogP contribution in [0.5, 0.6) is 5.75 Å². The van der Waals surface area contributed by atoms with E-state index >= 15 is 0 Å². The molecule has 4 heteroatoms. The highest BCUT2D eigenvalue weighted by molar-refractivity contribution is 8.87. The third-order valence-corrected chi connectivity index (χ3v) is 9.71. The molecule has 0 saturated carbocycles. The van der Waals surface area contributed by atoms with Crippen molar-refractivity contribution in [3.8, 4) is 5.75 Å². The van der Waals surface area contributed by atoms with Crippen molar-refractivity contribution in [3.05, 3.63) is 23.8 Å². The summed E-state index contributed by atoms with van der Waals surface area (Å²) in [5, 5.41) is 0. The topological polar surface area (TPSA) is 9.23 Å². The quantitative estimate of drug-likeness (QED) is 0.383. The van der Waals surface area contributed by atoms with Crippen LogP contribution in [0.25, 0.3) is 0 Å². The molecule has 1 atom stereocenters. The summed E-state index contributed by atoms with van der Waals surface area (Å²) in [5.74, 6) is 2.31. The van der Waals surface area contributed by atoms with E-state index in [4.69, 9.17) is 4.52 Å². The van der Waals surface area contributed by atoms with E-state index in [0.29, 0.717) is 5.41 Å². The number of benzene rings is 1. The van der Waals surface area contributed by atoms with Gasteiger partial charge in [0.15, 0.2) is 0 Å². The Morgan fingerprint density at radius 1 is 1.18 bits per heavy atom. The zero-order valence-corrected chi connectivity index (χ0v) is 17.3. The minimum Gasteiger partial charge on any atom is -0.451 e. The van der Waals surface area contributed by atoms with Crippen molar-refractivity contribution in [1.29, 1.82) is 0 Å². The minimum atomic E-state index is -0.425. The molecule has 124 valence electrons. The number of rotatable bonds is 6. The fourth-order valence-corrected chi connectivity index (χ4v) is 9.17. The van der Waals surface area contributed by atoms with E-state index in [1.807, 2.05) is 22.8 Å². The molecule has 1 aromatic carbocycles. The van der Waals surface area contributed by atoms with Crippen molar-refractivity contribution in [2.75, 3.05) is 5.75 Å². The molecule has 22 heavy (non-hydrogen) atoms. The summed E-state index contributed by atoms with van der Waals surface area (Å²) in [7, 11) is 0. The summed E-state index contributed by atoms with van der Waals surface area (Å²) in [6, 6.07) is 6.82. The highest BCUT2D eigenvalue weighted by Crippen LogP contribution is 2.70. The van der Waals surface area contributed by atoms with Crippen LogP contribution in [0.15, 0.2) is 23.1 Å². The second kappa shape index (κ2) is 7.36. The fourth-order valence-electron chi connectivity index (χ4n) is 3.02. The molecular formula is C18H29OPS2. The molecule has 0 N–H and O–H groups in total. The van der Waals surface area contributed by atoms with Gasteiger partial charge in [0.25, 0.3) is 0 Å². The minimum absolute atomic E-state index is 0.203. The average molecular weight is 357 g/mol. The third kappa shape index (κ3) is 5.08. The monoisotopic (exact) mass is 356 g/mol. The fraction of sp³-hybridized carbons (Fsp3) is 0.667.